The van der Waals surface area contributed by atoms with Gasteiger partial charge in [0.1, 0.15) is 5.69 Å². The number of halogens is 1. The van der Waals surface area contributed by atoms with Crippen molar-refractivity contribution in [3.8, 4) is 11.3 Å². The number of aromatic amines is 1. The highest BCUT2D eigenvalue weighted by Gasteiger charge is 2.13. The van der Waals surface area contributed by atoms with Crippen molar-refractivity contribution < 1.29 is 0 Å². The van der Waals surface area contributed by atoms with Crippen LogP contribution in [-0.2, 0) is 6.54 Å². The summed E-state index contributed by atoms with van der Waals surface area (Å²) in [4.78, 5) is 0. The Balaban J connectivity index is 2.46. The Morgan fingerprint density at radius 1 is 1.35 bits per heavy atom. The molecule has 0 amide bonds. The number of hydrogen-bond donors (Lipinski definition) is 2. The Morgan fingerprint density at radius 2 is 2.12 bits per heavy atom. The van der Waals surface area contributed by atoms with Crippen LogP contribution >= 0.6 is 15.9 Å². The topological polar surface area (TPSA) is 40.7 Å². The zero-order valence-electron chi connectivity index (χ0n) is 10.3. The van der Waals surface area contributed by atoms with Gasteiger partial charge in [0.2, 0.25) is 0 Å². The zero-order valence-corrected chi connectivity index (χ0v) is 11.9. The average Bonchev–Trinajstić information content (AvgIpc) is 2.62. The second kappa shape index (κ2) is 5.02. The summed E-state index contributed by atoms with van der Waals surface area (Å²) in [6, 6.07) is 6.41. The molecule has 17 heavy (non-hydrogen) atoms. The maximum absolute atomic E-state index is 4.38. The molecule has 2 rings (SSSR count). The van der Waals surface area contributed by atoms with Crippen LogP contribution in [-0.4, -0.2) is 17.2 Å². The summed E-state index contributed by atoms with van der Waals surface area (Å²) in [5, 5.41) is 10.6. The lowest BCUT2D eigenvalue weighted by atomic mass is 10.0. The first-order chi connectivity index (χ1) is 8.13. The molecule has 3 nitrogen and oxygen atoms in total. The summed E-state index contributed by atoms with van der Waals surface area (Å²) < 4.78 is 1.04. The molecule has 0 aliphatic rings. The lowest BCUT2D eigenvalue weighted by molar-refractivity contribution is 0.781. The monoisotopic (exact) mass is 293 g/mol. The van der Waals surface area contributed by atoms with Crippen LogP contribution < -0.4 is 5.32 Å². The molecule has 1 heterocycles. The molecule has 0 saturated carbocycles. The van der Waals surface area contributed by atoms with E-state index in [0.717, 1.165) is 22.4 Å². The molecular weight excluding hydrogens is 278 g/mol. The van der Waals surface area contributed by atoms with E-state index in [4.69, 9.17) is 0 Å². The van der Waals surface area contributed by atoms with Crippen molar-refractivity contribution in [1.29, 1.82) is 0 Å². The second-order valence-electron chi connectivity index (χ2n) is 4.21. The number of aromatic nitrogens is 2. The van der Waals surface area contributed by atoms with Crippen molar-refractivity contribution in [3.63, 3.8) is 0 Å². The fraction of sp³-hybridized carbons (Fsp3) is 0.308. The van der Waals surface area contributed by atoms with Crippen LogP contribution in [0.5, 0.6) is 0 Å². The molecule has 0 aliphatic heterocycles. The van der Waals surface area contributed by atoms with Gasteiger partial charge in [-0.25, -0.2) is 0 Å². The van der Waals surface area contributed by atoms with Gasteiger partial charge in [-0.15, -0.1) is 0 Å². The van der Waals surface area contributed by atoms with Gasteiger partial charge in [-0.05, 0) is 42.4 Å². The quantitative estimate of drug-likeness (QED) is 0.913. The molecule has 0 bridgehead atoms. The first kappa shape index (κ1) is 12.3. The predicted molar refractivity (Wildman–Crippen MR) is 74.0 cm³/mol. The predicted octanol–water partition coefficient (Wildman–Crippen LogP) is 3.18. The van der Waals surface area contributed by atoms with Gasteiger partial charge in [-0.1, -0.05) is 23.8 Å². The summed E-state index contributed by atoms with van der Waals surface area (Å²) >= 11 is 3.61. The van der Waals surface area contributed by atoms with Crippen LogP contribution in [0.4, 0.5) is 0 Å². The van der Waals surface area contributed by atoms with Crippen LogP contribution in [0.25, 0.3) is 11.3 Å². The Hall–Kier alpha value is -1.13. The Kier molecular flexibility index (Phi) is 3.64. The van der Waals surface area contributed by atoms with Crippen LogP contribution in [0, 0.1) is 13.8 Å². The van der Waals surface area contributed by atoms with Gasteiger partial charge in [0.25, 0.3) is 0 Å². The molecule has 0 aliphatic carbocycles. The van der Waals surface area contributed by atoms with Gasteiger partial charge >= 0.3 is 0 Å². The first-order valence-corrected chi connectivity index (χ1v) is 6.37. The molecule has 0 fully saturated rings. The van der Waals surface area contributed by atoms with Gasteiger partial charge in [-0.2, -0.15) is 5.10 Å². The van der Waals surface area contributed by atoms with Crippen molar-refractivity contribution >= 4 is 15.9 Å². The minimum Gasteiger partial charge on any atom is -0.314 e. The van der Waals surface area contributed by atoms with Crippen molar-refractivity contribution in [2.45, 2.75) is 20.4 Å². The highest BCUT2D eigenvalue weighted by Crippen LogP contribution is 2.31. The van der Waals surface area contributed by atoms with Gasteiger partial charge in [0.05, 0.1) is 10.2 Å². The van der Waals surface area contributed by atoms with Crippen LogP contribution in [0.15, 0.2) is 22.7 Å². The van der Waals surface area contributed by atoms with E-state index >= 15 is 0 Å². The minimum absolute atomic E-state index is 0.776. The number of benzene rings is 1. The molecule has 2 N–H and O–H groups in total. The Labute approximate surface area is 110 Å². The van der Waals surface area contributed by atoms with Crippen molar-refractivity contribution in [3.05, 3.63) is 39.5 Å². The number of nitrogens with zero attached hydrogens (tertiary/aromatic N) is 1. The molecule has 4 heteroatoms. The fourth-order valence-electron chi connectivity index (χ4n) is 1.92. The molecule has 1 aromatic carbocycles. The van der Waals surface area contributed by atoms with Gasteiger partial charge in [0.15, 0.2) is 0 Å². The SMILES string of the molecule is CNCc1[nH]nc(-c2ccc(C)cc2C)c1Br. The smallest absolute Gasteiger partial charge is 0.107 e. The van der Waals surface area contributed by atoms with E-state index in [1.807, 2.05) is 7.05 Å². The third-order valence-corrected chi connectivity index (χ3v) is 3.62. The number of aryl methyl sites for hydroxylation is 2. The molecule has 0 saturated heterocycles. The molecule has 2 aromatic rings. The van der Waals surface area contributed by atoms with Crippen molar-refractivity contribution in [1.82, 2.24) is 15.5 Å². The molecular formula is C13H16BrN3. The van der Waals surface area contributed by atoms with E-state index in [1.165, 1.54) is 16.7 Å². The number of H-pyrrole nitrogens is 1. The molecule has 0 spiro atoms. The van der Waals surface area contributed by atoms with E-state index < -0.39 is 0 Å². The Morgan fingerprint density at radius 3 is 2.76 bits per heavy atom. The second-order valence-corrected chi connectivity index (χ2v) is 5.01. The van der Waals surface area contributed by atoms with Crippen molar-refractivity contribution in [2.75, 3.05) is 7.05 Å². The maximum Gasteiger partial charge on any atom is 0.107 e. The fourth-order valence-corrected chi connectivity index (χ4v) is 2.45. The summed E-state index contributed by atoms with van der Waals surface area (Å²) in [7, 11) is 1.92. The summed E-state index contributed by atoms with van der Waals surface area (Å²) in [5.41, 5.74) is 5.73. The molecule has 1 aromatic heterocycles. The normalized spacial score (nSPS) is 10.8. The molecule has 0 unspecified atom stereocenters. The van der Waals surface area contributed by atoms with Crippen LogP contribution in [0.2, 0.25) is 0 Å². The average molecular weight is 294 g/mol. The van der Waals surface area contributed by atoms with E-state index in [2.05, 4.69) is 63.5 Å². The maximum atomic E-state index is 4.38. The molecule has 0 radical (unpaired) electrons. The third kappa shape index (κ3) is 2.42. The number of rotatable bonds is 3. The first-order valence-electron chi connectivity index (χ1n) is 5.58. The molecule has 0 atom stereocenters. The van der Waals surface area contributed by atoms with E-state index in [9.17, 15) is 0 Å². The highest BCUT2D eigenvalue weighted by molar-refractivity contribution is 9.10. The van der Waals surface area contributed by atoms with E-state index in [0.29, 0.717) is 0 Å². The van der Waals surface area contributed by atoms with Gasteiger partial charge in [0, 0.05) is 12.1 Å². The largest absolute Gasteiger partial charge is 0.314 e. The number of hydrogen-bond acceptors (Lipinski definition) is 2. The van der Waals surface area contributed by atoms with Crippen LogP contribution in [0.3, 0.4) is 0 Å². The zero-order chi connectivity index (χ0) is 12.4. The van der Waals surface area contributed by atoms with Gasteiger partial charge in [-0.3, -0.25) is 5.10 Å². The summed E-state index contributed by atoms with van der Waals surface area (Å²) in [5.74, 6) is 0. The minimum atomic E-state index is 0.776. The lowest BCUT2D eigenvalue weighted by Gasteiger charge is -2.04. The van der Waals surface area contributed by atoms with Crippen molar-refractivity contribution in [2.24, 2.45) is 0 Å². The van der Waals surface area contributed by atoms with E-state index in [1.54, 1.807) is 0 Å². The summed E-state index contributed by atoms with van der Waals surface area (Å²) in [6.07, 6.45) is 0. The summed E-state index contributed by atoms with van der Waals surface area (Å²) in [6.45, 7) is 4.99. The highest BCUT2D eigenvalue weighted by atomic mass is 79.9. The standard InChI is InChI=1S/C13H16BrN3/c1-8-4-5-10(9(2)6-8)13-12(14)11(7-15-3)16-17-13/h4-6,15H,7H2,1-3H3,(H,16,17). The molecule has 90 valence electrons. The van der Waals surface area contributed by atoms with Crippen LogP contribution in [0.1, 0.15) is 16.8 Å². The number of nitrogens with one attached hydrogen (secondary N) is 2. The lowest BCUT2D eigenvalue weighted by Crippen LogP contribution is -2.05. The van der Waals surface area contributed by atoms with Gasteiger partial charge < -0.3 is 5.32 Å². The Bertz CT molecular complexity index is 531. The third-order valence-electron chi connectivity index (χ3n) is 2.77. The van der Waals surface area contributed by atoms with E-state index in [-0.39, 0.29) is 0 Å².